The lowest BCUT2D eigenvalue weighted by molar-refractivity contribution is -0.697. The number of hydrogen-bond acceptors (Lipinski definition) is 1. The molecule has 1 heterocycles. The van der Waals surface area contributed by atoms with Crippen molar-refractivity contribution in [2.24, 2.45) is 0 Å². The average Bonchev–Trinajstić information content (AvgIpc) is 2.53. The summed E-state index contributed by atoms with van der Waals surface area (Å²) in [5, 5.41) is 8.75. The number of unbranched alkanes of at least 4 members (excludes halogenated alkanes) is 10. The fraction of sp³-hybridized carbons (Fsp3) is 0.684. The molecular formula is C19H31BrN2. The molecule has 1 aromatic heterocycles. The number of aromatic nitrogens is 1. The molecule has 0 bridgehead atoms. The number of pyridine rings is 1. The normalized spacial score (nSPS) is 10.0. The number of halogens is 1. The van der Waals surface area contributed by atoms with Crippen molar-refractivity contribution >= 4 is 0 Å². The van der Waals surface area contributed by atoms with Crippen LogP contribution in [0.25, 0.3) is 0 Å². The maximum absolute atomic E-state index is 8.75. The van der Waals surface area contributed by atoms with Gasteiger partial charge in [-0.05, 0) is 6.42 Å². The molecule has 0 aliphatic carbocycles. The Balaban J connectivity index is 0.00000441. The fourth-order valence-corrected chi connectivity index (χ4v) is 2.64. The van der Waals surface area contributed by atoms with Gasteiger partial charge in [-0.15, -0.1) is 0 Å². The summed E-state index contributed by atoms with van der Waals surface area (Å²) in [7, 11) is 0. The topological polar surface area (TPSA) is 27.7 Å². The molecular weight excluding hydrogens is 336 g/mol. The van der Waals surface area contributed by atoms with Crippen molar-refractivity contribution in [2.75, 3.05) is 0 Å². The Morgan fingerprint density at radius 3 is 1.73 bits per heavy atom. The van der Waals surface area contributed by atoms with Crippen LogP contribution in [0.15, 0.2) is 24.5 Å². The van der Waals surface area contributed by atoms with Gasteiger partial charge in [-0.25, -0.2) is 4.57 Å². The predicted molar refractivity (Wildman–Crippen MR) is 87.8 cm³/mol. The second kappa shape index (κ2) is 15.0. The number of aryl methyl sites for hydroxylation is 1. The minimum absolute atomic E-state index is 0. The third kappa shape index (κ3) is 10.8. The molecule has 1 aromatic rings. The van der Waals surface area contributed by atoms with Crippen molar-refractivity contribution in [1.82, 2.24) is 0 Å². The van der Waals surface area contributed by atoms with E-state index in [1.807, 2.05) is 24.5 Å². The lowest BCUT2D eigenvalue weighted by Crippen LogP contribution is -3.00. The minimum atomic E-state index is 0. The van der Waals surface area contributed by atoms with Crippen LogP contribution in [-0.2, 0) is 6.54 Å². The first-order chi connectivity index (χ1) is 10.4. The molecule has 0 atom stereocenters. The van der Waals surface area contributed by atoms with Gasteiger partial charge in [0.25, 0.3) is 0 Å². The molecule has 1 rings (SSSR count). The highest BCUT2D eigenvalue weighted by molar-refractivity contribution is 5.23. The van der Waals surface area contributed by atoms with Gasteiger partial charge >= 0.3 is 0 Å². The lowest BCUT2D eigenvalue weighted by atomic mass is 10.1. The molecule has 2 nitrogen and oxygen atoms in total. The second-order valence-electron chi connectivity index (χ2n) is 5.97. The van der Waals surface area contributed by atoms with E-state index in [1.165, 1.54) is 70.6 Å². The van der Waals surface area contributed by atoms with E-state index < -0.39 is 0 Å². The maximum Gasteiger partial charge on any atom is 0.170 e. The molecule has 0 radical (unpaired) electrons. The number of nitriles is 1. The van der Waals surface area contributed by atoms with Crippen molar-refractivity contribution in [1.29, 1.82) is 5.26 Å². The first-order valence-corrected chi connectivity index (χ1v) is 8.76. The molecule has 0 spiro atoms. The molecule has 0 aromatic carbocycles. The Bertz CT molecular complexity index is 395. The highest BCUT2D eigenvalue weighted by atomic mass is 79.9. The van der Waals surface area contributed by atoms with E-state index >= 15 is 0 Å². The van der Waals surface area contributed by atoms with Crippen molar-refractivity contribution < 1.29 is 21.5 Å². The largest absolute Gasteiger partial charge is 1.00 e. The van der Waals surface area contributed by atoms with Gasteiger partial charge in [0.05, 0.1) is 11.6 Å². The minimum Gasteiger partial charge on any atom is -1.00 e. The molecule has 0 fully saturated rings. The first kappa shape index (κ1) is 21.1. The van der Waals surface area contributed by atoms with Crippen LogP contribution in [0.4, 0.5) is 0 Å². The molecule has 0 N–H and O–H groups in total. The van der Waals surface area contributed by atoms with E-state index in [0.29, 0.717) is 0 Å². The summed E-state index contributed by atoms with van der Waals surface area (Å²) in [5.74, 6) is 0. The molecule has 0 amide bonds. The quantitative estimate of drug-likeness (QED) is 0.411. The van der Waals surface area contributed by atoms with Crippen LogP contribution >= 0.6 is 0 Å². The monoisotopic (exact) mass is 366 g/mol. The van der Waals surface area contributed by atoms with Crippen molar-refractivity contribution in [3.63, 3.8) is 0 Å². The fourth-order valence-electron chi connectivity index (χ4n) is 2.64. The zero-order chi connectivity index (χ0) is 15.2. The number of nitrogens with zero attached hydrogens (tertiary/aromatic N) is 2. The molecule has 3 heteroatoms. The zero-order valence-corrected chi connectivity index (χ0v) is 15.7. The smallest absolute Gasteiger partial charge is 0.170 e. The average molecular weight is 367 g/mol. The van der Waals surface area contributed by atoms with Gasteiger partial charge in [-0.3, -0.25) is 0 Å². The van der Waals surface area contributed by atoms with Gasteiger partial charge in [-0.2, -0.15) is 5.26 Å². The highest BCUT2D eigenvalue weighted by Crippen LogP contribution is 2.11. The molecule has 124 valence electrons. The van der Waals surface area contributed by atoms with Crippen LogP contribution in [-0.4, -0.2) is 0 Å². The first-order valence-electron chi connectivity index (χ1n) is 8.76. The van der Waals surface area contributed by atoms with Crippen molar-refractivity contribution in [2.45, 2.75) is 84.1 Å². The Labute approximate surface area is 147 Å². The third-order valence-electron chi connectivity index (χ3n) is 4.04. The third-order valence-corrected chi connectivity index (χ3v) is 4.04. The molecule has 0 aliphatic heterocycles. The number of rotatable bonds is 12. The SMILES string of the molecule is CCCCCCCCCCCCC[n+]1ccc(C#N)cc1.[Br-]. The summed E-state index contributed by atoms with van der Waals surface area (Å²) >= 11 is 0. The van der Waals surface area contributed by atoms with E-state index in [4.69, 9.17) is 5.26 Å². The van der Waals surface area contributed by atoms with E-state index in [1.54, 1.807) is 0 Å². The molecule has 0 saturated heterocycles. The van der Waals surface area contributed by atoms with Crippen LogP contribution in [0, 0.1) is 11.3 Å². The lowest BCUT2D eigenvalue weighted by Gasteiger charge is -2.01. The summed E-state index contributed by atoms with van der Waals surface area (Å²) in [6, 6.07) is 5.93. The van der Waals surface area contributed by atoms with Crippen molar-refractivity contribution in [3.8, 4) is 6.07 Å². The second-order valence-corrected chi connectivity index (χ2v) is 5.97. The Morgan fingerprint density at radius 1 is 0.818 bits per heavy atom. The van der Waals surface area contributed by atoms with Crippen LogP contribution < -0.4 is 21.5 Å². The van der Waals surface area contributed by atoms with Gasteiger partial charge < -0.3 is 17.0 Å². The van der Waals surface area contributed by atoms with Crippen LogP contribution in [0.2, 0.25) is 0 Å². The zero-order valence-electron chi connectivity index (χ0n) is 14.1. The highest BCUT2D eigenvalue weighted by Gasteiger charge is 2.00. The van der Waals surface area contributed by atoms with E-state index in [2.05, 4.69) is 17.6 Å². The molecule has 0 saturated carbocycles. The molecule has 0 unspecified atom stereocenters. The standard InChI is InChI=1S/C19H31N2.BrH/c1-2-3-4-5-6-7-8-9-10-11-12-15-21-16-13-19(18-20)14-17-21;/h13-14,16-17H,2-12,15H2,1H3;1H/q+1;/p-1. The summed E-state index contributed by atoms with van der Waals surface area (Å²) in [5.41, 5.74) is 0.741. The molecule has 0 aliphatic rings. The van der Waals surface area contributed by atoms with Gasteiger partial charge in [0, 0.05) is 18.6 Å². The Morgan fingerprint density at radius 2 is 1.27 bits per heavy atom. The van der Waals surface area contributed by atoms with E-state index in [0.717, 1.165) is 12.1 Å². The predicted octanol–water partition coefficient (Wildman–Crippen LogP) is 2.16. The van der Waals surface area contributed by atoms with E-state index in [9.17, 15) is 0 Å². The Kier molecular flexibility index (Phi) is 14.4. The summed E-state index contributed by atoms with van der Waals surface area (Å²) in [4.78, 5) is 0. The van der Waals surface area contributed by atoms with Gasteiger partial charge in [0.15, 0.2) is 12.4 Å². The van der Waals surface area contributed by atoms with Gasteiger partial charge in [0.1, 0.15) is 6.54 Å². The van der Waals surface area contributed by atoms with E-state index in [-0.39, 0.29) is 17.0 Å². The summed E-state index contributed by atoms with van der Waals surface area (Å²) in [6.45, 7) is 3.35. The maximum atomic E-state index is 8.75. The van der Waals surface area contributed by atoms with Crippen molar-refractivity contribution in [3.05, 3.63) is 30.1 Å². The van der Waals surface area contributed by atoms with Crippen LogP contribution in [0.5, 0.6) is 0 Å². The molecule has 22 heavy (non-hydrogen) atoms. The van der Waals surface area contributed by atoms with Crippen LogP contribution in [0.1, 0.15) is 83.1 Å². The van der Waals surface area contributed by atoms with Crippen LogP contribution in [0.3, 0.4) is 0 Å². The van der Waals surface area contributed by atoms with Gasteiger partial charge in [0.2, 0.25) is 0 Å². The number of hydrogen-bond donors (Lipinski definition) is 0. The summed E-state index contributed by atoms with van der Waals surface area (Å²) in [6.07, 6.45) is 19.2. The van der Waals surface area contributed by atoms with Gasteiger partial charge in [-0.1, -0.05) is 64.7 Å². The Hall–Kier alpha value is -0.880. The summed E-state index contributed by atoms with van der Waals surface area (Å²) < 4.78 is 2.18.